The van der Waals surface area contributed by atoms with E-state index in [2.05, 4.69) is 0 Å². The molecule has 0 aliphatic rings. The fourth-order valence-corrected chi connectivity index (χ4v) is 7.93. The zero-order valence-electron chi connectivity index (χ0n) is 44.4. The van der Waals surface area contributed by atoms with Crippen LogP contribution in [0.5, 0.6) is 0 Å². The van der Waals surface area contributed by atoms with Crippen LogP contribution in [0.15, 0.2) is 192 Å². The molecule has 4 aromatic heterocycles. The Morgan fingerprint density at radius 1 is 0.421 bits per heavy atom. The highest BCUT2D eigenvalue weighted by Gasteiger charge is 2.27. The monoisotopic (exact) mass is 744 g/mol. The number of furan rings is 1. The summed E-state index contributed by atoms with van der Waals surface area (Å²) >= 11 is 0. The van der Waals surface area contributed by atoms with Crippen molar-refractivity contribution < 1.29 is 25.0 Å². The van der Waals surface area contributed by atoms with Crippen LogP contribution in [0.25, 0.3) is 111 Å². The minimum absolute atomic E-state index is 0.0288. The Hall–Kier alpha value is -7.83. The Morgan fingerprint density at radius 3 is 1.40 bits per heavy atom. The van der Waals surface area contributed by atoms with Crippen molar-refractivity contribution in [3.63, 3.8) is 0 Å². The highest BCUT2D eigenvalue weighted by molar-refractivity contribution is 6.18. The Kier molecular flexibility index (Phi) is 4.37. The predicted octanol–water partition coefficient (Wildman–Crippen LogP) is 13.0. The van der Waals surface area contributed by atoms with Gasteiger partial charge in [0.05, 0.1) is 42.6 Å². The van der Waals surface area contributed by atoms with Gasteiger partial charge in [-0.15, -0.1) is 0 Å². The zero-order chi connectivity index (χ0) is 50.5. The van der Waals surface area contributed by atoms with Crippen LogP contribution < -0.4 is 0 Å². The summed E-state index contributed by atoms with van der Waals surface area (Å²) in [6, 6.07) is 18.8. The molecule has 6 heteroatoms. The summed E-state index contributed by atoms with van der Waals surface area (Å²) in [6.45, 7) is 0. The fraction of sp³-hybridized carbons (Fsp3) is 0. The second-order valence-corrected chi connectivity index (χ2v) is 13.3. The van der Waals surface area contributed by atoms with Gasteiger partial charge in [0.1, 0.15) is 11.2 Å². The van der Waals surface area contributed by atoms with Gasteiger partial charge in [0.2, 0.25) is 11.9 Å². The first kappa shape index (κ1) is 20.2. The Morgan fingerprint density at radius 2 is 0.877 bits per heavy atom. The van der Waals surface area contributed by atoms with Gasteiger partial charge in [0.15, 0.2) is 5.82 Å². The summed E-state index contributed by atoms with van der Waals surface area (Å²) in [7, 11) is 0. The molecule has 266 valence electrons. The Balaban J connectivity index is 1.40. The average Bonchev–Trinajstić information content (AvgIpc) is 4.07. The van der Waals surface area contributed by atoms with Crippen molar-refractivity contribution in [2.75, 3.05) is 0 Å². The van der Waals surface area contributed by atoms with E-state index in [9.17, 15) is 8.22 Å². The molecule has 12 aromatic rings. The molecule has 0 aliphatic carbocycles. The normalized spacial score (nSPS) is 15.5. The largest absolute Gasteiger partial charge is 0.456 e. The van der Waals surface area contributed by atoms with E-state index in [4.69, 9.17) is 31.7 Å². The van der Waals surface area contributed by atoms with Crippen molar-refractivity contribution in [1.82, 2.24) is 24.1 Å². The summed E-state index contributed by atoms with van der Waals surface area (Å²) < 4.78 is 146. The highest BCUT2D eigenvalue weighted by Crippen LogP contribution is 2.47. The maximum absolute atomic E-state index is 10.1. The number of hydrogen-bond donors (Lipinski definition) is 0. The van der Waals surface area contributed by atoms with Gasteiger partial charge in [-0.05, 0) is 53.0 Å². The van der Waals surface area contributed by atoms with Crippen LogP contribution in [0.2, 0.25) is 0 Å². The molecule has 0 bridgehead atoms. The van der Waals surface area contributed by atoms with Crippen molar-refractivity contribution in [3.05, 3.63) is 188 Å². The van der Waals surface area contributed by atoms with Crippen LogP contribution in [0.3, 0.4) is 0 Å². The van der Waals surface area contributed by atoms with Gasteiger partial charge in [-0.3, -0.25) is 9.13 Å². The Labute approximate surface area is 347 Å². The topological polar surface area (TPSA) is 61.7 Å². The van der Waals surface area contributed by atoms with E-state index < -0.39 is 130 Å². The smallest absolute Gasteiger partial charge is 0.240 e. The lowest BCUT2D eigenvalue weighted by molar-refractivity contribution is 0.669. The lowest BCUT2D eigenvalue weighted by Gasteiger charge is -2.18. The molecule has 4 heterocycles. The average molecular weight is 745 g/mol. The lowest BCUT2D eigenvalue weighted by atomic mass is 9.88. The molecule has 0 saturated carbocycles. The number of para-hydroxylation sites is 5. The second-order valence-electron chi connectivity index (χ2n) is 13.3. The SMILES string of the molecule is [2H]c1c([2H])c([2H])c(-c2c(-c3nc(-n4c5ccccc5c5ccccc54)nc(-n4c5ccccc5c5ccccc54)n3)c(-c3c([2H])c([2H])c([2H])c([2H])c3[2H])c3c(oc4c([2H])c([2H])c([2H])c([2H])c43)c2[2H])c([2H])c1[2H]. The zero-order valence-corrected chi connectivity index (χ0v) is 29.4. The van der Waals surface area contributed by atoms with Crippen molar-refractivity contribution in [1.29, 1.82) is 0 Å². The maximum Gasteiger partial charge on any atom is 0.240 e. The van der Waals surface area contributed by atoms with Gasteiger partial charge in [-0.2, -0.15) is 15.0 Å². The van der Waals surface area contributed by atoms with Gasteiger partial charge in [0.25, 0.3) is 0 Å². The summed E-state index contributed by atoms with van der Waals surface area (Å²) in [4.78, 5) is 15.5. The van der Waals surface area contributed by atoms with E-state index in [0.29, 0.717) is 22.1 Å². The number of benzene rings is 8. The summed E-state index contributed by atoms with van der Waals surface area (Å²) in [5.41, 5.74) is -0.814. The van der Waals surface area contributed by atoms with Crippen LogP contribution in [0.4, 0.5) is 0 Å². The first-order valence-corrected chi connectivity index (χ1v) is 17.9. The van der Waals surface area contributed by atoms with Crippen molar-refractivity contribution >= 4 is 65.6 Å². The van der Waals surface area contributed by atoms with E-state index in [-0.39, 0.29) is 28.5 Å². The van der Waals surface area contributed by atoms with Gasteiger partial charge < -0.3 is 4.42 Å². The molecule has 0 fully saturated rings. The molecular formula is C51H31N5O. The first-order chi connectivity index (χ1) is 34.5. The van der Waals surface area contributed by atoms with E-state index in [1.165, 1.54) is 0 Å². The third-order valence-corrected chi connectivity index (χ3v) is 10.2. The number of fused-ring (bicyclic) bond motifs is 9. The molecular weight excluding hydrogens is 699 g/mol. The molecule has 0 atom stereocenters. The quantitative estimate of drug-likeness (QED) is 0.176. The Bertz CT molecular complexity index is 4130. The van der Waals surface area contributed by atoms with Crippen LogP contribution in [-0.4, -0.2) is 24.1 Å². The molecule has 57 heavy (non-hydrogen) atoms. The minimum Gasteiger partial charge on any atom is -0.456 e. The number of rotatable bonds is 5. The highest BCUT2D eigenvalue weighted by atomic mass is 16.3. The van der Waals surface area contributed by atoms with Crippen LogP contribution >= 0.6 is 0 Å². The van der Waals surface area contributed by atoms with Crippen LogP contribution in [0, 0.1) is 0 Å². The van der Waals surface area contributed by atoms with Gasteiger partial charge in [0, 0.05) is 43.4 Å². The minimum atomic E-state index is -0.799. The molecule has 0 N–H and O–H groups in total. The molecule has 0 radical (unpaired) electrons. The van der Waals surface area contributed by atoms with Gasteiger partial charge >= 0.3 is 0 Å². The van der Waals surface area contributed by atoms with Crippen molar-refractivity contribution in [3.8, 4) is 45.5 Å². The fourth-order valence-electron chi connectivity index (χ4n) is 7.93. The molecule has 0 aliphatic heterocycles. The van der Waals surface area contributed by atoms with E-state index in [1.54, 1.807) is 9.13 Å². The van der Waals surface area contributed by atoms with Gasteiger partial charge in [-0.25, -0.2) is 0 Å². The van der Waals surface area contributed by atoms with E-state index >= 15 is 0 Å². The third kappa shape index (κ3) is 4.74. The summed E-state index contributed by atoms with van der Waals surface area (Å²) in [5.74, 6) is -0.439. The third-order valence-electron chi connectivity index (χ3n) is 10.2. The molecule has 0 spiro atoms. The number of hydrogen-bond acceptors (Lipinski definition) is 4. The van der Waals surface area contributed by atoms with Crippen molar-refractivity contribution in [2.24, 2.45) is 0 Å². The summed E-state index contributed by atoms with van der Waals surface area (Å²) in [6.07, 6.45) is 0. The molecule has 0 unspecified atom stereocenters. The summed E-state index contributed by atoms with van der Waals surface area (Å²) in [5, 5.41) is 2.64. The van der Waals surface area contributed by atoms with E-state index in [1.807, 2.05) is 97.1 Å². The lowest BCUT2D eigenvalue weighted by Crippen LogP contribution is -2.11. The molecule has 6 nitrogen and oxygen atoms in total. The number of aromatic nitrogens is 5. The van der Waals surface area contributed by atoms with Crippen LogP contribution in [0.1, 0.15) is 20.6 Å². The van der Waals surface area contributed by atoms with E-state index in [0.717, 1.165) is 21.5 Å². The molecule has 0 amide bonds. The standard InChI is InChI=1S/C51H31N5O/c1-3-17-32(18-4-1)39-31-45-47(38-25-11-16-30-44(38)57-45)46(33-19-5-2-6-20-33)48(39)49-52-50(55-40-26-12-7-21-34(40)35-22-8-13-27-41(35)55)54-51(53-49)56-42-28-14-9-23-36(42)37-24-10-15-29-43(37)56/h1-31H/i1D,2D,3D,4D,5D,6D,11D,16D,17D,18D,19D,20D,25D,30D,31D. The van der Waals surface area contributed by atoms with Crippen molar-refractivity contribution in [2.45, 2.75) is 0 Å². The second kappa shape index (κ2) is 12.3. The molecule has 0 saturated heterocycles. The van der Waals surface area contributed by atoms with Gasteiger partial charge in [-0.1, -0.05) is 151 Å². The first-order valence-electron chi connectivity index (χ1n) is 25.4. The number of nitrogens with zero attached hydrogens (tertiary/aromatic N) is 5. The molecule has 12 rings (SSSR count). The predicted molar refractivity (Wildman–Crippen MR) is 232 cm³/mol. The molecule has 8 aromatic carbocycles. The maximum atomic E-state index is 10.1. The van der Waals surface area contributed by atoms with Crippen LogP contribution in [-0.2, 0) is 0 Å².